The number of hydrogen-bond acceptors (Lipinski definition) is 5. The highest BCUT2D eigenvalue weighted by Crippen LogP contribution is 1.99. The van der Waals surface area contributed by atoms with Gasteiger partial charge < -0.3 is 25.5 Å². The maximum atomic E-state index is 9.96. The molecule has 0 rings (SSSR count). The molecule has 66 valence electrons. The van der Waals surface area contributed by atoms with E-state index in [2.05, 4.69) is 0 Å². The first kappa shape index (κ1) is 10.3. The molecular formula is C5H10O6. The Hall–Kier alpha value is -0.690. The smallest absolute Gasteiger partial charge is 0.335 e. The van der Waals surface area contributed by atoms with Gasteiger partial charge in [-0.25, -0.2) is 4.79 Å². The first-order valence-corrected chi connectivity index (χ1v) is 2.88. The van der Waals surface area contributed by atoms with E-state index < -0.39 is 30.9 Å². The maximum Gasteiger partial charge on any atom is 0.335 e. The Morgan fingerprint density at radius 3 is 2.00 bits per heavy atom. The standard InChI is InChI=1S/C5H10O6/c6-1-2(7)3(8)4(9)5(10)11/h2-4,6-9H,1H2,(H,10,11)/t2?,3-,4?/m0/s1. The summed E-state index contributed by atoms with van der Waals surface area (Å²) in [6.45, 7) is -0.800. The average Bonchev–Trinajstić information content (AvgIpc) is 2.00. The maximum absolute atomic E-state index is 9.96. The van der Waals surface area contributed by atoms with E-state index in [9.17, 15) is 4.79 Å². The van der Waals surface area contributed by atoms with Crippen molar-refractivity contribution in [3.63, 3.8) is 0 Å². The van der Waals surface area contributed by atoms with E-state index in [1.807, 2.05) is 0 Å². The lowest BCUT2D eigenvalue weighted by Gasteiger charge is -2.17. The highest BCUT2D eigenvalue weighted by molar-refractivity contribution is 5.72. The molecular weight excluding hydrogens is 156 g/mol. The van der Waals surface area contributed by atoms with Crippen LogP contribution in [0.25, 0.3) is 0 Å². The largest absolute Gasteiger partial charge is 0.479 e. The summed E-state index contributed by atoms with van der Waals surface area (Å²) in [5.74, 6) is -1.65. The monoisotopic (exact) mass is 166 g/mol. The fourth-order valence-corrected chi connectivity index (χ4v) is 0.465. The molecule has 6 nitrogen and oxygen atoms in total. The van der Waals surface area contributed by atoms with Crippen molar-refractivity contribution in [3.8, 4) is 0 Å². The SMILES string of the molecule is O=C(O)C(O)[C@@H](O)C(O)CO. The van der Waals surface area contributed by atoms with Crippen LogP contribution in [0, 0.1) is 0 Å². The Kier molecular flexibility index (Phi) is 3.98. The summed E-state index contributed by atoms with van der Waals surface area (Å²) in [4.78, 5) is 9.96. The first-order valence-electron chi connectivity index (χ1n) is 2.88. The van der Waals surface area contributed by atoms with Crippen LogP contribution < -0.4 is 0 Å². The molecule has 0 aliphatic rings. The van der Waals surface area contributed by atoms with Gasteiger partial charge in [0.15, 0.2) is 6.10 Å². The first-order chi connectivity index (χ1) is 5.00. The third kappa shape index (κ3) is 2.81. The van der Waals surface area contributed by atoms with Crippen LogP contribution in [0.1, 0.15) is 0 Å². The lowest BCUT2D eigenvalue weighted by molar-refractivity contribution is -0.159. The summed E-state index contributed by atoms with van der Waals surface area (Å²) in [5.41, 5.74) is 0. The van der Waals surface area contributed by atoms with Gasteiger partial charge in [0.25, 0.3) is 0 Å². The molecule has 2 unspecified atom stereocenters. The summed E-state index contributed by atoms with van der Waals surface area (Å²) in [7, 11) is 0. The van der Waals surface area contributed by atoms with Crippen molar-refractivity contribution in [2.24, 2.45) is 0 Å². The predicted molar refractivity (Wildman–Crippen MR) is 32.7 cm³/mol. The van der Waals surface area contributed by atoms with E-state index in [4.69, 9.17) is 25.5 Å². The van der Waals surface area contributed by atoms with E-state index in [0.717, 1.165) is 0 Å². The van der Waals surface area contributed by atoms with Crippen LogP contribution in [-0.2, 0) is 4.79 Å². The second-order valence-corrected chi connectivity index (χ2v) is 2.02. The van der Waals surface area contributed by atoms with Crippen molar-refractivity contribution in [2.75, 3.05) is 6.61 Å². The van der Waals surface area contributed by atoms with E-state index >= 15 is 0 Å². The second-order valence-electron chi connectivity index (χ2n) is 2.02. The van der Waals surface area contributed by atoms with Crippen molar-refractivity contribution in [3.05, 3.63) is 0 Å². The van der Waals surface area contributed by atoms with E-state index in [0.29, 0.717) is 0 Å². The molecule has 0 amide bonds. The molecule has 6 heteroatoms. The molecule has 0 bridgehead atoms. The number of aliphatic hydroxyl groups is 4. The van der Waals surface area contributed by atoms with Gasteiger partial charge in [0.05, 0.1) is 6.61 Å². The minimum absolute atomic E-state index is 0.800. The molecule has 0 fully saturated rings. The highest BCUT2D eigenvalue weighted by Gasteiger charge is 2.29. The van der Waals surface area contributed by atoms with Crippen molar-refractivity contribution in [1.82, 2.24) is 0 Å². The third-order valence-corrected chi connectivity index (χ3v) is 1.16. The van der Waals surface area contributed by atoms with Crippen LogP contribution in [0.2, 0.25) is 0 Å². The van der Waals surface area contributed by atoms with Crippen molar-refractivity contribution in [2.45, 2.75) is 18.3 Å². The number of aliphatic hydroxyl groups excluding tert-OH is 4. The van der Waals surface area contributed by atoms with Crippen LogP contribution >= 0.6 is 0 Å². The lowest BCUT2D eigenvalue weighted by atomic mass is 10.1. The lowest BCUT2D eigenvalue weighted by Crippen LogP contribution is -2.43. The number of rotatable bonds is 4. The molecule has 0 saturated heterocycles. The number of carbonyl (C=O) groups is 1. The molecule has 3 atom stereocenters. The summed E-state index contributed by atoms with van der Waals surface area (Å²) in [5, 5.41) is 42.2. The number of hydrogen-bond donors (Lipinski definition) is 5. The second kappa shape index (κ2) is 4.24. The fraction of sp³-hybridized carbons (Fsp3) is 0.800. The van der Waals surface area contributed by atoms with Crippen LogP contribution in [-0.4, -0.2) is 56.4 Å². The zero-order valence-electron chi connectivity index (χ0n) is 5.58. The van der Waals surface area contributed by atoms with Gasteiger partial charge in [0.2, 0.25) is 0 Å². The molecule has 0 aliphatic heterocycles. The molecule has 0 aromatic rings. The van der Waals surface area contributed by atoms with Gasteiger partial charge in [-0.3, -0.25) is 0 Å². The highest BCUT2D eigenvalue weighted by atomic mass is 16.4. The third-order valence-electron chi connectivity index (χ3n) is 1.16. The minimum atomic E-state index is -2.07. The molecule has 0 radical (unpaired) electrons. The van der Waals surface area contributed by atoms with Gasteiger partial charge in [-0.05, 0) is 0 Å². The molecule has 5 N–H and O–H groups in total. The predicted octanol–water partition coefficient (Wildman–Crippen LogP) is -2.85. The van der Waals surface area contributed by atoms with Crippen LogP contribution in [0.5, 0.6) is 0 Å². The fourth-order valence-electron chi connectivity index (χ4n) is 0.465. The average molecular weight is 166 g/mol. The Morgan fingerprint density at radius 2 is 1.73 bits per heavy atom. The number of aliphatic carboxylic acids is 1. The summed E-state index contributed by atoms with van der Waals surface area (Å²) in [6.07, 6.45) is -5.57. The van der Waals surface area contributed by atoms with Gasteiger partial charge in [-0.1, -0.05) is 0 Å². The van der Waals surface area contributed by atoms with Crippen molar-refractivity contribution in [1.29, 1.82) is 0 Å². The van der Waals surface area contributed by atoms with Crippen LogP contribution in [0.3, 0.4) is 0 Å². The molecule has 0 aromatic carbocycles. The topological polar surface area (TPSA) is 118 Å². The summed E-state index contributed by atoms with van der Waals surface area (Å²) >= 11 is 0. The van der Waals surface area contributed by atoms with Crippen LogP contribution in [0.4, 0.5) is 0 Å². The van der Waals surface area contributed by atoms with Gasteiger partial charge >= 0.3 is 5.97 Å². The number of carboxylic acid groups (broad SMARTS) is 1. The van der Waals surface area contributed by atoms with Gasteiger partial charge in [-0.2, -0.15) is 0 Å². The molecule has 0 heterocycles. The van der Waals surface area contributed by atoms with Gasteiger partial charge in [-0.15, -0.1) is 0 Å². The zero-order chi connectivity index (χ0) is 9.02. The minimum Gasteiger partial charge on any atom is -0.479 e. The van der Waals surface area contributed by atoms with Gasteiger partial charge in [0.1, 0.15) is 12.2 Å². The molecule has 11 heavy (non-hydrogen) atoms. The van der Waals surface area contributed by atoms with Crippen LogP contribution in [0.15, 0.2) is 0 Å². The molecule has 0 saturated carbocycles. The normalized spacial score (nSPS) is 18.9. The van der Waals surface area contributed by atoms with Crippen molar-refractivity contribution < 1.29 is 30.3 Å². The van der Waals surface area contributed by atoms with E-state index in [-0.39, 0.29) is 0 Å². The number of carboxylic acids is 1. The van der Waals surface area contributed by atoms with E-state index in [1.54, 1.807) is 0 Å². The molecule has 0 aliphatic carbocycles. The quantitative estimate of drug-likeness (QED) is 0.306. The zero-order valence-corrected chi connectivity index (χ0v) is 5.58. The molecule has 0 aromatic heterocycles. The Morgan fingerprint density at radius 1 is 1.27 bits per heavy atom. The van der Waals surface area contributed by atoms with Gasteiger partial charge in [0, 0.05) is 0 Å². The molecule has 0 spiro atoms. The Balaban J connectivity index is 4.00. The Bertz CT molecular complexity index is 135. The summed E-state index contributed by atoms with van der Waals surface area (Å²) < 4.78 is 0. The summed E-state index contributed by atoms with van der Waals surface area (Å²) in [6, 6.07) is 0. The van der Waals surface area contributed by atoms with E-state index in [1.165, 1.54) is 0 Å². The van der Waals surface area contributed by atoms with Crippen molar-refractivity contribution >= 4 is 5.97 Å². The Labute approximate surface area is 62.3 Å².